The summed E-state index contributed by atoms with van der Waals surface area (Å²) < 4.78 is 13.0. The summed E-state index contributed by atoms with van der Waals surface area (Å²) in [4.78, 5) is 42.6. The van der Waals surface area contributed by atoms with Crippen molar-refractivity contribution in [3.63, 3.8) is 0 Å². The molecular formula is C19H18FN3O3S. The number of likely N-dealkylation sites (tertiary alicyclic amines) is 1. The van der Waals surface area contributed by atoms with Crippen LogP contribution in [0.4, 0.5) is 9.52 Å². The largest absolute Gasteiger partial charge is 0.300 e. The first-order valence-corrected chi connectivity index (χ1v) is 9.77. The Balaban J connectivity index is 1.40. The van der Waals surface area contributed by atoms with Crippen LogP contribution in [0.15, 0.2) is 29.6 Å². The summed E-state index contributed by atoms with van der Waals surface area (Å²) in [5.41, 5.74) is 1.36. The van der Waals surface area contributed by atoms with Gasteiger partial charge >= 0.3 is 0 Å². The molecular weight excluding hydrogens is 369 g/mol. The van der Waals surface area contributed by atoms with E-state index in [1.807, 2.05) is 0 Å². The Kier molecular flexibility index (Phi) is 4.73. The molecule has 0 unspecified atom stereocenters. The van der Waals surface area contributed by atoms with Crippen molar-refractivity contribution in [2.45, 2.75) is 25.7 Å². The maximum absolute atomic E-state index is 13.0. The molecule has 1 saturated heterocycles. The predicted molar refractivity (Wildman–Crippen MR) is 98.3 cm³/mol. The maximum atomic E-state index is 13.0. The zero-order valence-corrected chi connectivity index (χ0v) is 15.3. The van der Waals surface area contributed by atoms with Crippen LogP contribution >= 0.6 is 11.3 Å². The molecule has 3 amide bonds. The van der Waals surface area contributed by atoms with Crippen molar-refractivity contribution >= 4 is 34.2 Å². The van der Waals surface area contributed by atoms with Gasteiger partial charge in [-0.05, 0) is 37.1 Å². The average molecular weight is 387 g/mol. The number of nitrogens with one attached hydrogen (secondary N) is 1. The van der Waals surface area contributed by atoms with Gasteiger partial charge in [-0.2, -0.15) is 0 Å². The summed E-state index contributed by atoms with van der Waals surface area (Å²) in [6.45, 7) is -0.282. The number of amides is 3. The second-order valence-corrected chi connectivity index (χ2v) is 7.71. The number of thiazole rings is 1. The summed E-state index contributed by atoms with van der Waals surface area (Å²) in [7, 11) is 0. The van der Waals surface area contributed by atoms with E-state index in [0.29, 0.717) is 10.8 Å². The summed E-state index contributed by atoms with van der Waals surface area (Å²) in [6.07, 6.45) is 3.35. The monoisotopic (exact) mass is 387 g/mol. The highest BCUT2D eigenvalue weighted by molar-refractivity contribution is 7.14. The number of rotatable bonds is 4. The van der Waals surface area contributed by atoms with Gasteiger partial charge in [0.2, 0.25) is 17.7 Å². The topological polar surface area (TPSA) is 79.4 Å². The van der Waals surface area contributed by atoms with Crippen molar-refractivity contribution in [3.8, 4) is 11.3 Å². The normalized spacial score (nSPS) is 22.0. The van der Waals surface area contributed by atoms with Crippen molar-refractivity contribution in [2.24, 2.45) is 11.8 Å². The molecule has 27 heavy (non-hydrogen) atoms. The molecule has 1 saturated carbocycles. The molecule has 0 radical (unpaired) electrons. The van der Waals surface area contributed by atoms with Crippen LogP contribution in [0.3, 0.4) is 0 Å². The zero-order valence-electron chi connectivity index (χ0n) is 14.5. The van der Waals surface area contributed by atoms with E-state index in [-0.39, 0.29) is 36.0 Å². The molecule has 1 aliphatic heterocycles. The van der Waals surface area contributed by atoms with Crippen LogP contribution in [0.5, 0.6) is 0 Å². The number of carbonyl (C=O) groups excluding carboxylic acids is 3. The van der Waals surface area contributed by atoms with E-state index < -0.39 is 5.91 Å². The van der Waals surface area contributed by atoms with Crippen LogP contribution in [-0.4, -0.2) is 34.2 Å². The number of fused-ring (bicyclic) bond motifs is 1. The van der Waals surface area contributed by atoms with Gasteiger partial charge in [0, 0.05) is 10.9 Å². The molecule has 140 valence electrons. The quantitative estimate of drug-likeness (QED) is 0.818. The smallest absolute Gasteiger partial charge is 0.246 e. The lowest BCUT2D eigenvalue weighted by atomic mass is 9.81. The molecule has 8 heteroatoms. The van der Waals surface area contributed by atoms with Gasteiger partial charge in [-0.3, -0.25) is 19.3 Å². The Morgan fingerprint density at radius 3 is 2.41 bits per heavy atom. The highest BCUT2D eigenvalue weighted by Crippen LogP contribution is 2.37. The number of anilines is 1. The summed E-state index contributed by atoms with van der Waals surface area (Å²) >= 11 is 1.23. The predicted octanol–water partition coefficient (Wildman–Crippen LogP) is 3.06. The lowest BCUT2D eigenvalue weighted by Crippen LogP contribution is -2.38. The van der Waals surface area contributed by atoms with E-state index in [1.54, 1.807) is 17.5 Å². The SMILES string of the molecule is O=C(CN1C(=O)[C@H]2CCCC[C@H]2C1=O)Nc1nc(-c2ccc(F)cc2)cs1. The molecule has 0 spiro atoms. The minimum atomic E-state index is -0.449. The molecule has 2 aromatic rings. The van der Waals surface area contributed by atoms with Crippen LogP contribution in [0.25, 0.3) is 11.3 Å². The van der Waals surface area contributed by atoms with Crippen molar-refractivity contribution in [1.82, 2.24) is 9.88 Å². The highest BCUT2D eigenvalue weighted by atomic mass is 32.1. The maximum Gasteiger partial charge on any atom is 0.246 e. The number of nitrogens with zero attached hydrogens (tertiary/aromatic N) is 2. The highest BCUT2D eigenvalue weighted by Gasteiger charge is 2.48. The van der Waals surface area contributed by atoms with Crippen molar-refractivity contribution < 1.29 is 18.8 Å². The van der Waals surface area contributed by atoms with E-state index >= 15 is 0 Å². The first-order chi connectivity index (χ1) is 13.0. The van der Waals surface area contributed by atoms with Crippen LogP contribution < -0.4 is 5.32 Å². The zero-order chi connectivity index (χ0) is 19.0. The fraction of sp³-hybridized carbons (Fsp3) is 0.368. The Morgan fingerprint density at radius 1 is 1.15 bits per heavy atom. The Hall–Kier alpha value is -2.61. The van der Waals surface area contributed by atoms with Crippen LogP contribution in [0, 0.1) is 17.7 Å². The molecule has 4 rings (SSSR count). The van der Waals surface area contributed by atoms with Gasteiger partial charge in [0.05, 0.1) is 17.5 Å². The third-order valence-corrected chi connectivity index (χ3v) is 5.88. The Bertz CT molecular complexity index is 872. The lowest BCUT2D eigenvalue weighted by molar-refractivity contribution is -0.142. The van der Waals surface area contributed by atoms with Crippen molar-refractivity contribution in [1.29, 1.82) is 0 Å². The van der Waals surface area contributed by atoms with Gasteiger partial charge in [-0.25, -0.2) is 9.37 Å². The van der Waals surface area contributed by atoms with Gasteiger partial charge in [0.15, 0.2) is 5.13 Å². The number of benzene rings is 1. The molecule has 2 atom stereocenters. The van der Waals surface area contributed by atoms with Gasteiger partial charge < -0.3 is 5.32 Å². The second-order valence-electron chi connectivity index (χ2n) is 6.85. The second kappa shape index (κ2) is 7.19. The molecule has 6 nitrogen and oxygen atoms in total. The standard InChI is InChI=1S/C19H18FN3O3S/c20-12-7-5-11(6-8-12)15-10-27-19(21-15)22-16(24)9-23-17(25)13-3-1-2-4-14(13)18(23)26/h5-8,10,13-14H,1-4,9H2,(H,21,22,24)/t13-,14+. The first-order valence-electron chi connectivity index (χ1n) is 8.89. The Labute approximate surface area is 159 Å². The van der Waals surface area contributed by atoms with E-state index in [9.17, 15) is 18.8 Å². The van der Waals surface area contributed by atoms with Gasteiger partial charge in [-0.15, -0.1) is 11.3 Å². The van der Waals surface area contributed by atoms with Gasteiger partial charge in [0.25, 0.3) is 0 Å². The minimum Gasteiger partial charge on any atom is -0.300 e. The molecule has 0 bridgehead atoms. The fourth-order valence-corrected chi connectivity index (χ4v) is 4.51. The molecule has 1 aromatic heterocycles. The molecule has 2 aliphatic rings. The molecule has 1 aromatic carbocycles. The van der Waals surface area contributed by atoms with Gasteiger partial charge in [-0.1, -0.05) is 12.8 Å². The van der Waals surface area contributed by atoms with E-state index in [0.717, 1.165) is 36.1 Å². The molecule has 2 heterocycles. The summed E-state index contributed by atoms with van der Waals surface area (Å²) in [6, 6.07) is 5.91. The number of carbonyl (C=O) groups is 3. The summed E-state index contributed by atoms with van der Waals surface area (Å²) in [5.74, 6) is -1.76. The van der Waals surface area contributed by atoms with Crippen LogP contribution in [0.2, 0.25) is 0 Å². The van der Waals surface area contributed by atoms with Crippen molar-refractivity contribution in [2.75, 3.05) is 11.9 Å². The molecule has 1 aliphatic carbocycles. The third kappa shape index (κ3) is 3.49. The van der Waals surface area contributed by atoms with E-state index in [4.69, 9.17) is 0 Å². The van der Waals surface area contributed by atoms with Gasteiger partial charge in [0.1, 0.15) is 12.4 Å². The minimum absolute atomic E-state index is 0.231. The van der Waals surface area contributed by atoms with E-state index in [1.165, 1.54) is 23.5 Å². The molecule has 2 fully saturated rings. The summed E-state index contributed by atoms with van der Waals surface area (Å²) in [5, 5.41) is 4.77. The number of aromatic nitrogens is 1. The number of imide groups is 1. The number of halogens is 1. The average Bonchev–Trinajstić information content (AvgIpc) is 3.22. The first kappa shape index (κ1) is 17.8. The van der Waals surface area contributed by atoms with Crippen molar-refractivity contribution in [3.05, 3.63) is 35.5 Å². The third-order valence-electron chi connectivity index (χ3n) is 5.12. The lowest BCUT2D eigenvalue weighted by Gasteiger charge is -2.19. The fourth-order valence-electron chi connectivity index (χ4n) is 3.77. The molecule has 1 N–H and O–H groups in total. The van der Waals surface area contributed by atoms with Crippen LogP contribution in [-0.2, 0) is 14.4 Å². The van der Waals surface area contributed by atoms with E-state index in [2.05, 4.69) is 10.3 Å². The number of hydrogen-bond donors (Lipinski definition) is 1. The number of hydrogen-bond acceptors (Lipinski definition) is 5. The van der Waals surface area contributed by atoms with Crippen LogP contribution in [0.1, 0.15) is 25.7 Å². The Morgan fingerprint density at radius 2 is 1.78 bits per heavy atom.